The Morgan fingerprint density at radius 3 is 2.44 bits per heavy atom. The Kier molecular flexibility index (Phi) is 4.81. The first-order valence-corrected chi connectivity index (χ1v) is 7.06. The highest BCUT2D eigenvalue weighted by Crippen LogP contribution is 2.23. The third-order valence-corrected chi connectivity index (χ3v) is 3.74. The first-order chi connectivity index (χ1) is 8.69. The third-order valence-electron chi connectivity index (χ3n) is 3.00. The lowest BCUT2D eigenvalue weighted by atomic mass is 9.92. The van der Waals surface area contributed by atoms with E-state index in [0.717, 1.165) is 15.9 Å². The summed E-state index contributed by atoms with van der Waals surface area (Å²) < 4.78 is 1.10. The maximum atomic E-state index is 5.90. The predicted molar refractivity (Wildman–Crippen MR) is 81.1 cm³/mol. The van der Waals surface area contributed by atoms with Crippen LogP contribution in [0.1, 0.15) is 17.0 Å². The van der Waals surface area contributed by atoms with Crippen LogP contribution in [-0.2, 0) is 6.42 Å². The Morgan fingerprint density at radius 2 is 1.83 bits per heavy atom. The number of halogens is 2. The Labute approximate surface area is 121 Å². The lowest BCUT2D eigenvalue weighted by Gasteiger charge is -2.15. The molecule has 2 aromatic rings. The second-order valence-electron chi connectivity index (χ2n) is 4.32. The zero-order valence-corrected chi connectivity index (χ0v) is 12.3. The smallest absolute Gasteiger partial charge is 0.0406 e. The normalized spacial score (nSPS) is 12.4. The summed E-state index contributed by atoms with van der Waals surface area (Å²) in [4.78, 5) is 0. The molecule has 3 heteroatoms. The maximum Gasteiger partial charge on any atom is 0.0406 e. The van der Waals surface area contributed by atoms with Crippen molar-refractivity contribution in [1.82, 2.24) is 0 Å². The molecule has 0 bridgehead atoms. The van der Waals surface area contributed by atoms with E-state index >= 15 is 0 Å². The van der Waals surface area contributed by atoms with Gasteiger partial charge in [-0.1, -0.05) is 51.8 Å². The predicted octanol–water partition coefficient (Wildman–Crippen LogP) is 4.39. The molecule has 18 heavy (non-hydrogen) atoms. The van der Waals surface area contributed by atoms with Crippen LogP contribution >= 0.6 is 27.5 Å². The Hall–Kier alpha value is -0.830. The quantitative estimate of drug-likeness (QED) is 0.887. The van der Waals surface area contributed by atoms with Gasteiger partial charge in [0.25, 0.3) is 0 Å². The Bertz CT molecular complexity index is 510. The largest absolute Gasteiger partial charge is 0.330 e. The van der Waals surface area contributed by atoms with Gasteiger partial charge in [-0.05, 0) is 48.4 Å². The van der Waals surface area contributed by atoms with Crippen LogP contribution in [0.3, 0.4) is 0 Å². The molecule has 0 amide bonds. The van der Waals surface area contributed by atoms with Crippen molar-refractivity contribution in [2.75, 3.05) is 6.54 Å². The molecule has 2 rings (SSSR count). The molecule has 1 atom stereocenters. The van der Waals surface area contributed by atoms with Gasteiger partial charge in [0.1, 0.15) is 0 Å². The summed E-state index contributed by atoms with van der Waals surface area (Å²) in [6.07, 6.45) is 0.942. The van der Waals surface area contributed by atoms with E-state index in [9.17, 15) is 0 Å². The standard InChI is InChI=1S/C15H15BrClN/c16-14-3-1-2-11(9-14)8-13(10-18)12-4-6-15(17)7-5-12/h1-7,9,13H,8,10,18H2. The summed E-state index contributed by atoms with van der Waals surface area (Å²) in [5.74, 6) is 0.330. The summed E-state index contributed by atoms with van der Waals surface area (Å²) in [5.41, 5.74) is 8.41. The molecule has 0 aliphatic heterocycles. The maximum absolute atomic E-state index is 5.90. The highest BCUT2D eigenvalue weighted by molar-refractivity contribution is 9.10. The summed E-state index contributed by atoms with van der Waals surface area (Å²) in [6, 6.07) is 16.3. The number of hydrogen-bond donors (Lipinski definition) is 1. The van der Waals surface area contributed by atoms with Gasteiger partial charge in [0.05, 0.1) is 0 Å². The molecule has 1 unspecified atom stereocenters. The van der Waals surface area contributed by atoms with Crippen molar-refractivity contribution in [2.45, 2.75) is 12.3 Å². The van der Waals surface area contributed by atoms with Gasteiger partial charge < -0.3 is 5.73 Å². The second kappa shape index (κ2) is 6.37. The topological polar surface area (TPSA) is 26.0 Å². The average Bonchev–Trinajstić information content (AvgIpc) is 2.37. The molecule has 1 nitrogen and oxygen atoms in total. The van der Waals surface area contributed by atoms with E-state index in [1.54, 1.807) is 0 Å². The molecule has 2 N–H and O–H groups in total. The molecule has 0 radical (unpaired) electrons. The highest BCUT2D eigenvalue weighted by atomic mass is 79.9. The monoisotopic (exact) mass is 323 g/mol. The van der Waals surface area contributed by atoms with E-state index in [1.165, 1.54) is 11.1 Å². The van der Waals surface area contributed by atoms with Crippen molar-refractivity contribution in [3.63, 3.8) is 0 Å². The molecule has 0 saturated carbocycles. The zero-order valence-electron chi connectivity index (χ0n) is 9.94. The Morgan fingerprint density at radius 1 is 1.11 bits per heavy atom. The molecule has 0 fully saturated rings. The van der Waals surface area contributed by atoms with E-state index in [1.807, 2.05) is 18.2 Å². The van der Waals surface area contributed by atoms with Crippen LogP contribution in [0.25, 0.3) is 0 Å². The van der Waals surface area contributed by atoms with Crippen molar-refractivity contribution in [3.8, 4) is 0 Å². The number of benzene rings is 2. The van der Waals surface area contributed by atoms with Crippen molar-refractivity contribution < 1.29 is 0 Å². The average molecular weight is 325 g/mol. The Balaban J connectivity index is 2.17. The molecule has 2 aromatic carbocycles. The van der Waals surface area contributed by atoms with E-state index < -0.39 is 0 Å². The molecule has 0 spiro atoms. The molecule has 94 valence electrons. The van der Waals surface area contributed by atoms with Crippen LogP contribution in [0.2, 0.25) is 5.02 Å². The highest BCUT2D eigenvalue weighted by Gasteiger charge is 2.10. The van der Waals surface area contributed by atoms with E-state index in [2.05, 4.69) is 46.3 Å². The van der Waals surface area contributed by atoms with Crippen molar-refractivity contribution in [1.29, 1.82) is 0 Å². The fraction of sp³-hybridized carbons (Fsp3) is 0.200. The summed E-state index contributed by atoms with van der Waals surface area (Å²) >= 11 is 9.39. The lowest BCUT2D eigenvalue weighted by molar-refractivity contribution is 0.694. The minimum absolute atomic E-state index is 0.330. The van der Waals surface area contributed by atoms with Crippen molar-refractivity contribution in [2.24, 2.45) is 5.73 Å². The fourth-order valence-electron chi connectivity index (χ4n) is 2.02. The van der Waals surface area contributed by atoms with Crippen LogP contribution < -0.4 is 5.73 Å². The lowest BCUT2D eigenvalue weighted by Crippen LogP contribution is -2.15. The van der Waals surface area contributed by atoms with Gasteiger partial charge >= 0.3 is 0 Å². The SMILES string of the molecule is NCC(Cc1cccc(Br)c1)c1ccc(Cl)cc1. The van der Waals surface area contributed by atoms with Gasteiger partial charge in [-0.3, -0.25) is 0 Å². The van der Waals surface area contributed by atoms with Crippen LogP contribution in [0.5, 0.6) is 0 Å². The van der Waals surface area contributed by atoms with Gasteiger partial charge in [-0.15, -0.1) is 0 Å². The summed E-state index contributed by atoms with van der Waals surface area (Å²) in [7, 11) is 0. The molecular weight excluding hydrogens is 310 g/mol. The van der Waals surface area contributed by atoms with Crippen LogP contribution in [0.4, 0.5) is 0 Å². The fourth-order valence-corrected chi connectivity index (χ4v) is 2.59. The molecule has 0 heterocycles. The van der Waals surface area contributed by atoms with Crippen LogP contribution in [0.15, 0.2) is 53.0 Å². The van der Waals surface area contributed by atoms with Gasteiger partial charge in [0.15, 0.2) is 0 Å². The minimum Gasteiger partial charge on any atom is -0.330 e. The molecule has 0 saturated heterocycles. The van der Waals surface area contributed by atoms with E-state index in [4.69, 9.17) is 17.3 Å². The number of nitrogens with two attached hydrogens (primary N) is 1. The molecular formula is C15H15BrClN. The first-order valence-electron chi connectivity index (χ1n) is 5.89. The van der Waals surface area contributed by atoms with Gasteiger partial charge in [-0.2, -0.15) is 0 Å². The van der Waals surface area contributed by atoms with Crippen molar-refractivity contribution in [3.05, 3.63) is 69.2 Å². The minimum atomic E-state index is 0.330. The first kappa shape index (κ1) is 13.6. The van der Waals surface area contributed by atoms with Crippen LogP contribution in [0, 0.1) is 0 Å². The molecule has 0 aliphatic carbocycles. The van der Waals surface area contributed by atoms with Gasteiger partial charge in [-0.25, -0.2) is 0 Å². The van der Waals surface area contributed by atoms with Gasteiger partial charge in [0, 0.05) is 15.4 Å². The van der Waals surface area contributed by atoms with Crippen molar-refractivity contribution >= 4 is 27.5 Å². The van der Waals surface area contributed by atoms with E-state index in [0.29, 0.717) is 12.5 Å². The molecule has 0 aliphatic rings. The molecule has 0 aromatic heterocycles. The zero-order chi connectivity index (χ0) is 13.0. The third kappa shape index (κ3) is 3.58. The van der Waals surface area contributed by atoms with Crippen LogP contribution in [-0.4, -0.2) is 6.54 Å². The second-order valence-corrected chi connectivity index (χ2v) is 5.67. The van der Waals surface area contributed by atoms with E-state index in [-0.39, 0.29) is 0 Å². The van der Waals surface area contributed by atoms with Gasteiger partial charge in [0.2, 0.25) is 0 Å². The summed E-state index contributed by atoms with van der Waals surface area (Å²) in [5, 5.41) is 0.761. The summed E-state index contributed by atoms with van der Waals surface area (Å²) in [6.45, 7) is 0.633. The number of rotatable bonds is 4. The number of hydrogen-bond acceptors (Lipinski definition) is 1.